The lowest BCUT2D eigenvalue weighted by molar-refractivity contribution is -0.166. The zero-order chi connectivity index (χ0) is 19.3. The molecule has 1 heterocycles. The second kappa shape index (κ2) is 8.24. The molecule has 0 aliphatic carbocycles. The second-order valence-corrected chi connectivity index (χ2v) is 8.34. The Bertz CT molecular complexity index is 692. The average molecular weight is 367 g/mol. The molecule has 2 aromatic rings. The minimum Gasteiger partial charge on any atom is -0.459 e. The largest absolute Gasteiger partial charge is 0.459 e. The van der Waals surface area contributed by atoms with Crippen molar-refractivity contribution in [3.8, 4) is 0 Å². The van der Waals surface area contributed by atoms with Gasteiger partial charge >= 0.3 is 5.97 Å². The number of rotatable bonds is 6. The van der Waals surface area contributed by atoms with Gasteiger partial charge in [-0.3, -0.25) is 4.79 Å². The molecular formula is C23H30N2O2. The zero-order valence-electron chi connectivity index (χ0n) is 16.5. The predicted octanol–water partition coefficient (Wildman–Crippen LogP) is 3.69. The van der Waals surface area contributed by atoms with Gasteiger partial charge < -0.3 is 15.4 Å². The van der Waals surface area contributed by atoms with E-state index in [1.54, 1.807) is 0 Å². The van der Waals surface area contributed by atoms with E-state index in [1.165, 1.54) is 11.1 Å². The predicted molar refractivity (Wildman–Crippen MR) is 108 cm³/mol. The van der Waals surface area contributed by atoms with Gasteiger partial charge in [0.15, 0.2) is 0 Å². The van der Waals surface area contributed by atoms with Crippen molar-refractivity contribution in [1.29, 1.82) is 0 Å². The van der Waals surface area contributed by atoms with Crippen LogP contribution in [0.1, 0.15) is 44.4 Å². The average Bonchev–Trinajstić information content (AvgIpc) is 3.13. The highest BCUT2D eigenvalue weighted by Crippen LogP contribution is 2.31. The van der Waals surface area contributed by atoms with Crippen LogP contribution < -0.4 is 10.6 Å². The van der Waals surface area contributed by atoms with E-state index < -0.39 is 11.0 Å². The first-order chi connectivity index (χ1) is 12.9. The highest BCUT2D eigenvalue weighted by Gasteiger charge is 2.44. The molecule has 1 fully saturated rings. The highest BCUT2D eigenvalue weighted by molar-refractivity contribution is 5.78. The van der Waals surface area contributed by atoms with Crippen molar-refractivity contribution >= 4 is 5.97 Å². The third-order valence-corrected chi connectivity index (χ3v) is 4.99. The first-order valence-corrected chi connectivity index (χ1v) is 9.67. The van der Waals surface area contributed by atoms with E-state index in [2.05, 4.69) is 34.9 Å². The third kappa shape index (κ3) is 4.96. The Morgan fingerprint density at radius 1 is 1.07 bits per heavy atom. The molecule has 144 valence electrons. The summed E-state index contributed by atoms with van der Waals surface area (Å²) in [6.45, 7) is 7.82. The molecule has 0 bridgehead atoms. The molecule has 27 heavy (non-hydrogen) atoms. The van der Waals surface area contributed by atoms with E-state index in [1.807, 2.05) is 57.2 Å². The number of ether oxygens (including phenoxy) is 1. The van der Waals surface area contributed by atoms with Gasteiger partial charge in [-0.25, -0.2) is 0 Å². The molecular weight excluding hydrogens is 336 g/mol. The standard InChI is InChI=1S/C23H30N2O2/c1-22(2,3)27-21(26)23(14-15-24-16-23)17-25-20(18-10-6-4-7-11-18)19-12-8-5-9-13-19/h4-13,20,24-25H,14-17H2,1-3H3. The van der Waals surface area contributed by atoms with Gasteiger partial charge in [-0.05, 0) is 44.9 Å². The normalized spacial score (nSPS) is 20.0. The first kappa shape index (κ1) is 19.6. The van der Waals surface area contributed by atoms with Gasteiger partial charge in [-0.1, -0.05) is 60.7 Å². The Hall–Kier alpha value is -2.17. The summed E-state index contributed by atoms with van der Waals surface area (Å²) < 4.78 is 5.75. The van der Waals surface area contributed by atoms with E-state index >= 15 is 0 Å². The maximum Gasteiger partial charge on any atom is 0.315 e. The van der Waals surface area contributed by atoms with Crippen LogP contribution in [-0.4, -0.2) is 31.2 Å². The van der Waals surface area contributed by atoms with Crippen LogP contribution in [0.2, 0.25) is 0 Å². The van der Waals surface area contributed by atoms with Gasteiger partial charge in [0.05, 0.1) is 11.5 Å². The van der Waals surface area contributed by atoms with Crippen molar-refractivity contribution < 1.29 is 9.53 Å². The van der Waals surface area contributed by atoms with E-state index in [0.717, 1.165) is 13.0 Å². The Balaban J connectivity index is 1.82. The topological polar surface area (TPSA) is 50.4 Å². The monoisotopic (exact) mass is 366 g/mol. The van der Waals surface area contributed by atoms with E-state index in [4.69, 9.17) is 4.74 Å². The van der Waals surface area contributed by atoms with Gasteiger partial charge in [-0.2, -0.15) is 0 Å². The number of hydrogen-bond donors (Lipinski definition) is 2. The number of nitrogens with one attached hydrogen (secondary N) is 2. The maximum atomic E-state index is 13.0. The molecule has 2 aromatic carbocycles. The molecule has 0 saturated carbocycles. The molecule has 1 unspecified atom stereocenters. The van der Waals surface area contributed by atoms with Crippen LogP contribution in [0, 0.1) is 5.41 Å². The lowest BCUT2D eigenvalue weighted by atomic mass is 9.85. The van der Waals surface area contributed by atoms with E-state index in [-0.39, 0.29) is 12.0 Å². The van der Waals surface area contributed by atoms with Crippen molar-refractivity contribution in [2.75, 3.05) is 19.6 Å². The molecule has 0 radical (unpaired) electrons. The number of esters is 1. The summed E-state index contributed by atoms with van der Waals surface area (Å²) >= 11 is 0. The molecule has 0 aromatic heterocycles. The summed E-state index contributed by atoms with van der Waals surface area (Å²) in [5.74, 6) is -0.118. The molecule has 4 heteroatoms. The summed E-state index contributed by atoms with van der Waals surface area (Å²) in [4.78, 5) is 13.0. The van der Waals surface area contributed by atoms with Crippen LogP contribution in [0.25, 0.3) is 0 Å². The van der Waals surface area contributed by atoms with Crippen LogP contribution >= 0.6 is 0 Å². The van der Waals surface area contributed by atoms with Crippen molar-refractivity contribution in [2.45, 2.75) is 38.8 Å². The fourth-order valence-corrected chi connectivity index (χ4v) is 3.54. The van der Waals surface area contributed by atoms with Gasteiger partial charge in [0, 0.05) is 13.1 Å². The molecule has 0 amide bonds. The molecule has 1 aliphatic heterocycles. The van der Waals surface area contributed by atoms with Gasteiger partial charge in [0.25, 0.3) is 0 Å². The van der Waals surface area contributed by atoms with Crippen molar-refractivity contribution in [2.24, 2.45) is 5.41 Å². The van der Waals surface area contributed by atoms with E-state index in [9.17, 15) is 4.79 Å². The Labute approximate surface area is 162 Å². The number of carbonyl (C=O) groups excluding carboxylic acids is 1. The number of carbonyl (C=O) groups is 1. The Morgan fingerprint density at radius 2 is 1.63 bits per heavy atom. The SMILES string of the molecule is CC(C)(C)OC(=O)C1(CNC(c2ccccc2)c2ccccc2)CCNC1. The summed E-state index contributed by atoms with van der Waals surface area (Å²) in [7, 11) is 0. The van der Waals surface area contributed by atoms with Crippen LogP contribution in [0.3, 0.4) is 0 Å². The minimum absolute atomic E-state index is 0.0345. The first-order valence-electron chi connectivity index (χ1n) is 9.67. The zero-order valence-corrected chi connectivity index (χ0v) is 16.5. The lowest BCUT2D eigenvalue weighted by Crippen LogP contribution is -2.47. The quantitative estimate of drug-likeness (QED) is 0.766. The van der Waals surface area contributed by atoms with Gasteiger partial charge in [0.2, 0.25) is 0 Å². The molecule has 3 rings (SSSR count). The molecule has 2 N–H and O–H groups in total. The molecule has 4 nitrogen and oxygen atoms in total. The number of hydrogen-bond acceptors (Lipinski definition) is 4. The van der Waals surface area contributed by atoms with Crippen LogP contribution in [0.5, 0.6) is 0 Å². The third-order valence-electron chi connectivity index (χ3n) is 4.99. The Morgan fingerprint density at radius 3 is 2.07 bits per heavy atom. The van der Waals surface area contributed by atoms with Gasteiger partial charge in [-0.15, -0.1) is 0 Å². The van der Waals surface area contributed by atoms with Crippen molar-refractivity contribution in [3.05, 3.63) is 71.8 Å². The summed E-state index contributed by atoms with van der Waals surface area (Å²) in [5, 5.41) is 7.00. The fraction of sp³-hybridized carbons (Fsp3) is 0.435. The van der Waals surface area contributed by atoms with Crippen molar-refractivity contribution in [3.63, 3.8) is 0 Å². The molecule has 0 spiro atoms. The minimum atomic E-state index is -0.533. The van der Waals surface area contributed by atoms with Gasteiger partial charge in [0.1, 0.15) is 5.60 Å². The van der Waals surface area contributed by atoms with Crippen LogP contribution in [0.4, 0.5) is 0 Å². The summed E-state index contributed by atoms with van der Waals surface area (Å²) in [6.07, 6.45) is 0.783. The lowest BCUT2D eigenvalue weighted by Gasteiger charge is -2.32. The van der Waals surface area contributed by atoms with Crippen molar-refractivity contribution in [1.82, 2.24) is 10.6 Å². The van der Waals surface area contributed by atoms with Crippen LogP contribution in [-0.2, 0) is 9.53 Å². The molecule has 1 saturated heterocycles. The second-order valence-electron chi connectivity index (χ2n) is 8.34. The maximum absolute atomic E-state index is 13.0. The smallest absolute Gasteiger partial charge is 0.315 e. The van der Waals surface area contributed by atoms with Crippen LogP contribution in [0.15, 0.2) is 60.7 Å². The summed E-state index contributed by atoms with van der Waals surface area (Å²) in [6, 6.07) is 20.8. The fourth-order valence-electron chi connectivity index (χ4n) is 3.54. The molecule has 1 atom stereocenters. The number of benzene rings is 2. The van der Waals surface area contributed by atoms with E-state index in [0.29, 0.717) is 13.1 Å². The summed E-state index contributed by atoms with van der Waals surface area (Å²) in [5.41, 5.74) is 1.36. The highest BCUT2D eigenvalue weighted by atomic mass is 16.6. The Kier molecular flexibility index (Phi) is 5.98. The molecule has 1 aliphatic rings.